The molecule has 2 N–H and O–H groups in total. The number of rotatable bonds is 1. The van der Waals surface area contributed by atoms with Crippen LogP contribution in [-0.4, -0.2) is 6.29 Å². The molecule has 0 aliphatic rings. The fraction of sp³-hybridized carbons (Fsp3) is 0.300. The van der Waals surface area contributed by atoms with Crippen LogP contribution < -0.4 is 5.73 Å². The number of aldehydes is 1. The Labute approximate surface area is 72.4 Å². The first kappa shape index (κ1) is 8.78. The zero-order valence-corrected chi connectivity index (χ0v) is 7.64. The molecule has 0 saturated heterocycles. The van der Waals surface area contributed by atoms with Gasteiger partial charge in [0.15, 0.2) is 6.29 Å². The summed E-state index contributed by atoms with van der Waals surface area (Å²) in [4.78, 5) is 10.6. The summed E-state index contributed by atoms with van der Waals surface area (Å²) in [6.07, 6.45) is 0.817. The second-order valence-electron chi connectivity index (χ2n) is 3.06. The molecule has 0 aliphatic carbocycles. The van der Waals surface area contributed by atoms with E-state index in [0.717, 1.165) is 23.0 Å². The molecule has 0 saturated carbocycles. The van der Waals surface area contributed by atoms with Crippen molar-refractivity contribution < 1.29 is 4.79 Å². The van der Waals surface area contributed by atoms with Gasteiger partial charge in [-0.2, -0.15) is 0 Å². The van der Waals surface area contributed by atoms with Gasteiger partial charge in [0, 0.05) is 11.3 Å². The Hall–Kier alpha value is -1.31. The SMILES string of the molecule is Cc1cc(N)c(C=O)c(C)c1C. The number of hydrogen-bond acceptors (Lipinski definition) is 2. The van der Waals surface area contributed by atoms with Gasteiger partial charge in [-0.1, -0.05) is 0 Å². The lowest BCUT2D eigenvalue weighted by Gasteiger charge is -2.09. The monoisotopic (exact) mass is 163 g/mol. The molecule has 0 unspecified atom stereocenters. The van der Waals surface area contributed by atoms with E-state index in [4.69, 9.17) is 5.73 Å². The number of benzene rings is 1. The van der Waals surface area contributed by atoms with Crippen LogP contribution >= 0.6 is 0 Å². The summed E-state index contributed by atoms with van der Waals surface area (Å²) in [6, 6.07) is 1.84. The predicted octanol–water partition coefficient (Wildman–Crippen LogP) is 2.01. The average Bonchev–Trinajstić information content (AvgIpc) is 2.01. The Kier molecular flexibility index (Phi) is 2.18. The number of nitrogen functional groups attached to an aromatic ring is 1. The lowest BCUT2D eigenvalue weighted by molar-refractivity contribution is 0.112. The van der Waals surface area contributed by atoms with Gasteiger partial charge >= 0.3 is 0 Å². The first-order valence-electron chi connectivity index (χ1n) is 3.89. The molecule has 12 heavy (non-hydrogen) atoms. The number of hydrogen-bond donors (Lipinski definition) is 1. The summed E-state index contributed by atoms with van der Waals surface area (Å²) >= 11 is 0. The smallest absolute Gasteiger partial charge is 0.152 e. The van der Waals surface area contributed by atoms with Gasteiger partial charge in [-0.25, -0.2) is 0 Å². The van der Waals surface area contributed by atoms with Gasteiger partial charge in [0.2, 0.25) is 0 Å². The third-order valence-electron chi connectivity index (χ3n) is 2.36. The molecule has 0 fully saturated rings. The molecule has 0 aliphatic heterocycles. The van der Waals surface area contributed by atoms with E-state index in [1.165, 1.54) is 0 Å². The molecule has 0 amide bonds. The number of carbonyl (C=O) groups excluding carboxylic acids is 1. The van der Waals surface area contributed by atoms with Gasteiger partial charge in [-0.3, -0.25) is 4.79 Å². The van der Waals surface area contributed by atoms with E-state index >= 15 is 0 Å². The van der Waals surface area contributed by atoms with E-state index in [-0.39, 0.29) is 0 Å². The van der Waals surface area contributed by atoms with Crippen LogP contribution in [0, 0.1) is 20.8 Å². The minimum Gasteiger partial charge on any atom is -0.398 e. The third-order valence-corrected chi connectivity index (χ3v) is 2.36. The standard InChI is InChI=1S/C10H13NO/c1-6-4-10(11)9(5-12)8(3)7(6)2/h4-5H,11H2,1-3H3. The van der Waals surface area contributed by atoms with Crippen LogP contribution in [0.4, 0.5) is 5.69 Å². The van der Waals surface area contributed by atoms with Crippen molar-refractivity contribution in [2.24, 2.45) is 0 Å². The molecule has 2 heteroatoms. The number of carbonyl (C=O) groups is 1. The van der Waals surface area contributed by atoms with Crippen molar-refractivity contribution in [1.29, 1.82) is 0 Å². The minimum absolute atomic E-state index is 0.575. The molecule has 0 aromatic heterocycles. The highest BCUT2D eigenvalue weighted by molar-refractivity contribution is 5.86. The van der Waals surface area contributed by atoms with Crippen LogP contribution in [0.15, 0.2) is 6.07 Å². The van der Waals surface area contributed by atoms with Gasteiger partial charge in [0.05, 0.1) is 0 Å². The van der Waals surface area contributed by atoms with Gasteiger partial charge in [0.25, 0.3) is 0 Å². The van der Waals surface area contributed by atoms with Crippen molar-refractivity contribution in [3.8, 4) is 0 Å². The van der Waals surface area contributed by atoms with Crippen molar-refractivity contribution in [3.05, 3.63) is 28.3 Å². The highest BCUT2D eigenvalue weighted by Gasteiger charge is 2.06. The van der Waals surface area contributed by atoms with E-state index in [1.54, 1.807) is 0 Å². The summed E-state index contributed by atoms with van der Waals surface area (Å²) in [6.45, 7) is 5.91. The largest absolute Gasteiger partial charge is 0.398 e. The number of nitrogens with two attached hydrogens (primary N) is 1. The molecular weight excluding hydrogens is 150 g/mol. The van der Waals surface area contributed by atoms with Crippen molar-refractivity contribution in [2.75, 3.05) is 5.73 Å². The molecule has 0 heterocycles. The van der Waals surface area contributed by atoms with Crippen molar-refractivity contribution in [2.45, 2.75) is 20.8 Å². The summed E-state index contributed by atoms with van der Waals surface area (Å²) in [5.41, 5.74) is 10.1. The zero-order chi connectivity index (χ0) is 9.30. The minimum atomic E-state index is 0.575. The predicted molar refractivity (Wildman–Crippen MR) is 50.5 cm³/mol. The lowest BCUT2D eigenvalue weighted by atomic mass is 9.98. The van der Waals surface area contributed by atoms with Crippen molar-refractivity contribution in [1.82, 2.24) is 0 Å². The van der Waals surface area contributed by atoms with E-state index < -0.39 is 0 Å². The molecule has 64 valence electrons. The fourth-order valence-electron chi connectivity index (χ4n) is 1.29. The Morgan fingerprint density at radius 3 is 2.33 bits per heavy atom. The van der Waals surface area contributed by atoms with Gasteiger partial charge in [0.1, 0.15) is 0 Å². The maximum atomic E-state index is 10.6. The third kappa shape index (κ3) is 1.20. The highest BCUT2D eigenvalue weighted by Crippen LogP contribution is 2.21. The maximum Gasteiger partial charge on any atom is 0.152 e. The fourth-order valence-corrected chi connectivity index (χ4v) is 1.29. The Morgan fingerprint density at radius 2 is 1.83 bits per heavy atom. The molecule has 1 rings (SSSR count). The average molecular weight is 163 g/mol. The van der Waals surface area contributed by atoms with Crippen LogP contribution in [-0.2, 0) is 0 Å². The van der Waals surface area contributed by atoms with Gasteiger partial charge in [-0.15, -0.1) is 0 Å². The summed E-state index contributed by atoms with van der Waals surface area (Å²) in [5.74, 6) is 0. The summed E-state index contributed by atoms with van der Waals surface area (Å²) < 4.78 is 0. The molecule has 0 spiro atoms. The summed E-state index contributed by atoms with van der Waals surface area (Å²) in [5, 5.41) is 0. The van der Waals surface area contributed by atoms with Crippen LogP contribution in [0.2, 0.25) is 0 Å². The van der Waals surface area contributed by atoms with E-state index in [9.17, 15) is 4.79 Å². The van der Waals surface area contributed by atoms with Crippen LogP contribution in [0.3, 0.4) is 0 Å². The number of aryl methyl sites for hydroxylation is 1. The van der Waals surface area contributed by atoms with E-state index in [1.807, 2.05) is 26.8 Å². The normalized spacial score (nSPS) is 9.92. The van der Waals surface area contributed by atoms with Gasteiger partial charge in [-0.05, 0) is 43.5 Å². The Bertz CT molecular complexity index is 329. The van der Waals surface area contributed by atoms with Gasteiger partial charge < -0.3 is 5.73 Å². The first-order valence-corrected chi connectivity index (χ1v) is 3.89. The second-order valence-corrected chi connectivity index (χ2v) is 3.06. The summed E-state index contributed by atoms with van der Waals surface area (Å²) in [7, 11) is 0. The molecule has 1 aromatic carbocycles. The highest BCUT2D eigenvalue weighted by atomic mass is 16.1. The molecule has 2 nitrogen and oxygen atoms in total. The maximum absolute atomic E-state index is 10.6. The molecule has 0 radical (unpaired) electrons. The van der Waals surface area contributed by atoms with Crippen molar-refractivity contribution >= 4 is 12.0 Å². The Morgan fingerprint density at radius 1 is 1.25 bits per heavy atom. The lowest BCUT2D eigenvalue weighted by Crippen LogP contribution is -2.00. The quantitative estimate of drug-likeness (QED) is 0.508. The zero-order valence-electron chi connectivity index (χ0n) is 7.64. The van der Waals surface area contributed by atoms with Crippen molar-refractivity contribution in [3.63, 3.8) is 0 Å². The molecular formula is C10H13NO. The molecule has 0 bridgehead atoms. The van der Waals surface area contributed by atoms with Crippen LogP contribution in [0.1, 0.15) is 27.0 Å². The molecule has 0 atom stereocenters. The van der Waals surface area contributed by atoms with E-state index in [0.29, 0.717) is 11.3 Å². The Balaban J connectivity index is 3.51. The van der Waals surface area contributed by atoms with Crippen LogP contribution in [0.5, 0.6) is 0 Å². The molecule has 1 aromatic rings. The second kappa shape index (κ2) is 2.97. The topological polar surface area (TPSA) is 43.1 Å². The number of anilines is 1. The first-order chi connectivity index (χ1) is 5.57. The van der Waals surface area contributed by atoms with E-state index in [2.05, 4.69) is 0 Å². The van der Waals surface area contributed by atoms with Crippen LogP contribution in [0.25, 0.3) is 0 Å².